The number of unbranched alkanes of at least 4 members (excludes halogenated alkanes) is 41. The summed E-state index contributed by atoms with van der Waals surface area (Å²) in [4.78, 5) is 24.5. The van der Waals surface area contributed by atoms with Crippen LogP contribution >= 0.6 is 0 Å². The number of aliphatic hydroxyl groups is 2. The van der Waals surface area contributed by atoms with E-state index in [0.29, 0.717) is 19.4 Å². The molecule has 1 amide bonds. The Morgan fingerprint density at radius 1 is 0.412 bits per heavy atom. The standard InChI is InChI=1S/C62H117NO5/c1-3-5-7-9-11-13-15-17-19-20-21-22-23-24-25-26-27-28-30-34-38-42-46-50-54-60(65)59(58-64)63-61(66)55-51-47-43-39-35-31-29-33-37-41-45-49-53-57-68-62(67)56-52-48-44-40-36-32-18-16-14-12-10-8-6-4-2/h10,12,16,18,50,54,59-60,64-65H,3-9,11,13-15,17,19-49,51-53,55-58H2,1-2H3,(H,63,66)/b12-10-,18-16-,54-50+. The van der Waals surface area contributed by atoms with E-state index >= 15 is 0 Å². The van der Waals surface area contributed by atoms with Gasteiger partial charge in [0.1, 0.15) is 0 Å². The molecule has 0 spiro atoms. The molecule has 0 aliphatic heterocycles. The van der Waals surface area contributed by atoms with Crippen LogP contribution in [0.3, 0.4) is 0 Å². The predicted molar refractivity (Wildman–Crippen MR) is 296 cm³/mol. The molecule has 0 aromatic heterocycles. The Kier molecular flexibility index (Phi) is 56.0. The Hall–Kier alpha value is -1.92. The van der Waals surface area contributed by atoms with Crippen molar-refractivity contribution in [3.05, 3.63) is 36.5 Å². The van der Waals surface area contributed by atoms with Crippen LogP contribution in [0.1, 0.15) is 322 Å². The highest BCUT2D eigenvalue weighted by molar-refractivity contribution is 5.76. The Morgan fingerprint density at radius 3 is 1.16 bits per heavy atom. The summed E-state index contributed by atoms with van der Waals surface area (Å²) >= 11 is 0. The second-order valence-corrected chi connectivity index (χ2v) is 20.7. The Labute approximate surface area is 424 Å². The number of aliphatic hydroxyl groups excluding tert-OH is 2. The SMILES string of the molecule is CCCC/C=C\C/C=C\CCCCCCCC(=O)OCCCCCCCCCCCCCCCC(=O)NC(CO)C(O)/C=C/CCCCCCCCCCCCCCCCCCCCCCCC. The van der Waals surface area contributed by atoms with Crippen LogP contribution in [0.25, 0.3) is 0 Å². The van der Waals surface area contributed by atoms with E-state index in [1.54, 1.807) is 6.08 Å². The number of ether oxygens (including phenoxy) is 1. The van der Waals surface area contributed by atoms with Gasteiger partial charge in [-0.2, -0.15) is 0 Å². The van der Waals surface area contributed by atoms with Crippen LogP contribution in [-0.2, 0) is 14.3 Å². The highest BCUT2D eigenvalue weighted by atomic mass is 16.5. The van der Waals surface area contributed by atoms with Gasteiger partial charge in [0.2, 0.25) is 5.91 Å². The summed E-state index contributed by atoms with van der Waals surface area (Å²) < 4.78 is 5.46. The summed E-state index contributed by atoms with van der Waals surface area (Å²) in [6.07, 6.45) is 71.7. The molecule has 2 atom stereocenters. The Bertz CT molecular complexity index is 1100. The smallest absolute Gasteiger partial charge is 0.305 e. The fourth-order valence-electron chi connectivity index (χ4n) is 9.24. The van der Waals surface area contributed by atoms with Gasteiger partial charge in [0.25, 0.3) is 0 Å². The number of carbonyl (C=O) groups excluding carboxylic acids is 2. The number of esters is 1. The molecule has 0 bridgehead atoms. The minimum absolute atomic E-state index is 0.0210. The normalized spacial score (nSPS) is 12.8. The average molecular weight is 957 g/mol. The third-order valence-corrected chi connectivity index (χ3v) is 13.9. The van der Waals surface area contributed by atoms with E-state index in [9.17, 15) is 19.8 Å². The lowest BCUT2D eigenvalue weighted by molar-refractivity contribution is -0.143. The molecule has 6 heteroatoms. The summed E-state index contributed by atoms with van der Waals surface area (Å²) in [5.41, 5.74) is 0. The lowest BCUT2D eigenvalue weighted by Crippen LogP contribution is -2.45. The Morgan fingerprint density at radius 2 is 0.750 bits per heavy atom. The van der Waals surface area contributed by atoms with Crippen LogP contribution in [0, 0.1) is 0 Å². The second kappa shape index (κ2) is 57.7. The predicted octanol–water partition coefficient (Wildman–Crippen LogP) is 18.8. The van der Waals surface area contributed by atoms with E-state index in [1.807, 2.05) is 6.08 Å². The highest BCUT2D eigenvalue weighted by Gasteiger charge is 2.18. The summed E-state index contributed by atoms with van der Waals surface area (Å²) in [6, 6.07) is -0.640. The van der Waals surface area contributed by atoms with Crippen LogP contribution in [0.4, 0.5) is 0 Å². The van der Waals surface area contributed by atoms with Crippen molar-refractivity contribution in [2.75, 3.05) is 13.2 Å². The number of allylic oxidation sites excluding steroid dienone is 5. The van der Waals surface area contributed by atoms with Gasteiger partial charge in [-0.05, 0) is 57.8 Å². The third kappa shape index (κ3) is 53.4. The minimum atomic E-state index is -0.855. The number of nitrogens with one attached hydrogen (secondary N) is 1. The van der Waals surface area contributed by atoms with E-state index in [4.69, 9.17) is 4.74 Å². The fraction of sp³-hybridized carbons (Fsp3) is 0.871. The van der Waals surface area contributed by atoms with Crippen LogP contribution < -0.4 is 5.32 Å². The van der Waals surface area contributed by atoms with Crippen molar-refractivity contribution in [3.8, 4) is 0 Å². The van der Waals surface area contributed by atoms with Crippen molar-refractivity contribution in [1.82, 2.24) is 5.32 Å². The number of amides is 1. The summed E-state index contributed by atoms with van der Waals surface area (Å²) in [5.74, 6) is -0.100. The van der Waals surface area contributed by atoms with E-state index in [-0.39, 0.29) is 18.5 Å². The molecule has 0 saturated heterocycles. The van der Waals surface area contributed by atoms with Crippen molar-refractivity contribution in [2.45, 2.75) is 334 Å². The molecule has 3 N–H and O–H groups in total. The van der Waals surface area contributed by atoms with Gasteiger partial charge in [0, 0.05) is 12.8 Å². The summed E-state index contributed by atoms with van der Waals surface area (Å²) in [5, 5.41) is 23.2. The van der Waals surface area contributed by atoms with Crippen LogP contribution in [0.5, 0.6) is 0 Å². The van der Waals surface area contributed by atoms with Gasteiger partial charge in [-0.15, -0.1) is 0 Å². The van der Waals surface area contributed by atoms with Gasteiger partial charge in [-0.1, -0.05) is 288 Å². The molecule has 0 aliphatic rings. The lowest BCUT2D eigenvalue weighted by Gasteiger charge is -2.20. The van der Waals surface area contributed by atoms with Crippen molar-refractivity contribution in [1.29, 1.82) is 0 Å². The molecule has 400 valence electrons. The number of carbonyl (C=O) groups is 2. The first-order valence-electron chi connectivity index (χ1n) is 30.3. The molecule has 0 saturated carbocycles. The lowest BCUT2D eigenvalue weighted by atomic mass is 10.0. The first-order chi connectivity index (χ1) is 33.5. The minimum Gasteiger partial charge on any atom is -0.466 e. The molecule has 0 aliphatic carbocycles. The number of hydrogen-bond donors (Lipinski definition) is 3. The summed E-state index contributed by atoms with van der Waals surface area (Å²) in [7, 11) is 0. The van der Waals surface area contributed by atoms with Gasteiger partial charge in [-0.25, -0.2) is 0 Å². The summed E-state index contributed by atoms with van der Waals surface area (Å²) in [6.45, 7) is 4.85. The van der Waals surface area contributed by atoms with Crippen molar-refractivity contribution >= 4 is 11.9 Å². The zero-order chi connectivity index (χ0) is 49.3. The molecule has 68 heavy (non-hydrogen) atoms. The maximum absolute atomic E-state index is 12.5. The van der Waals surface area contributed by atoms with E-state index in [2.05, 4.69) is 43.5 Å². The molecule has 0 radical (unpaired) electrons. The molecule has 0 rings (SSSR count). The first kappa shape index (κ1) is 66.1. The van der Waals surface area contributed by atoms with Crippen LogP contribution in [0.2, 0.25) is 0 Å². The fourth-order valence-corrected chi connectivity index (χ4v) is 9.24. The molecular formula is C62H117NO5. The third-order valence-electron chi connectivity index (χ3n) is 13.9. The van der Waals surface area contributed by atoms with Crippen LogP contribution in [0.15, 0.2) is 36.5 Å². The highest BCUT2D eigenvalue weighted by Crippen LogP contribution is 2.17. The Balaban J connectivity index is 3.49. The number of hydrogen-bond acceptors (Lipinski definition) is 5. The quantitative estimate of drug-likeness (QED) is 0.0321. The van der Waals surface area contributed by atoms with Gasteiger partial charge < -0.3 is 20.3 Å². The van der Waals surface area contributed by atoms with E-state index in [0.717, 1.165) is 70.6 Å². The molecule has 0 heterocycles. The van der Waals surface area contributed by atoms with Crippen molar-refractivity contribution < 1.29 is 24.5 Å². The maximum atomic E-state index is 12.5. The number of rotatable bonds is 56. The largest absolute Gasteiger partial charge is 0.466 e. The molecular weight excluding hydrogens is 839 g/mol. The van der Waals surface area contributed by atoms with Gasteiger partial charge in [0.05, 0.1) is 25.4 Å². The molecule has 2 unspecified atom stereocenters. The van der Waals surface area contributed by atoms with Crippen LogP contribution in [-0.4, -0.2) is 47.4 Å². The molecule has 6 nitrogen and oxygen atoms in total. The van der Waals surface area contributed by atoms with E-state index < -0.39 is 12.1 Å². The molecule has 0 aromatic rings. The molecule has 0 fully saturated rings. The topological polar surface area (TPSA) is 95.9 Å². The van der Waals surface area contributed by atoms with Gasteiger partial charge in [-0.3, -0.25) is 9.59 Å². The van der Waals surface area contributed by atoms with Gasteiger partial charge in [0.15, 0.2) is 0 Å². The zero-order valence-corrected chi connectivity index (χ0v) is 45.6. The zero-order valence-electron chi connectivity index (χ0n) is 45.6. The second-order valence-electron chi connectivity index (χ2n) is 20.7. The van der Waals surface area contributed by atoms with E-state index in [1.165, 1.54) is 225 Å². The monoisotopic (exact) mass is 956 g/mol. The average Bonchev–Trinajstić information content (AvgIpc) is 3.34. The molecule has 0 aromatic carbocycles. The van der Waals surface area contributed by atoms with Crippen molar-refractivity contribution in [3.63, 3.8) is 0 Å². The first-order valence-corrected chi connectivity index (χ1v) is 30.3. The van der Waals surface area contributed by atoms with Gasteiger partial charge >= 0.3 is 5.97 Å². The maximum Gasteiger partial charge on any atom is 0.305 e. The van der Waals surface area contributed by atoms with Crippen molar-refractivity contribution in [2.24, 2.45) is 0 Å².